The molecule has 5 rings (SSSR count). The molecule has 2 aliphatic heterocycles. The van der Waals surface area contributed by atoms with Crippen LogP contribution in [0.15, 0.2) is 54.2 Å². The number of hydrogen-bond acceptors (Lipinski definition) is 10. The lowest BCUT2D eigenvalue weighted by Gasteiger charge is -2.35. The van der Waals surface area contributed by atoms with Crippen molar-refractivity contribution < 1.29 is 9.53 Å². The van der Waals surface area contributed by atoms with E-state index in [0.29, 0.717) is 19.6 Å². The largest absolute Gasteiger partial charge is 0.378 e. The molecule has 0 atom stereocenters. The van der Waals surface area contributed by atoms with Crippen LogP contribution in [-0.2, 0) is 16.1 Å². The molecule has 11 nitrogen and oxygen atoms in total. The van der Waals surface area contributed by atoms with Crippen molar-refractivity contribution in [3.05, 3.63) is 49.1 Å². The van der Waals surface area contributed by atoms with Crippen LogP contribution in [0.25, 0.3) is 0 Å². The van der Waals surface area contributed by atoms with Crippen LogP contribution in [0.5, 0.6) is 0 Å². The topological polar surface area (TPSA) is 104 Å². The van der Waals surface area contributed by atoms with Gasteiger partial charge in [-0.05, 0) is 43.5 Å². The van der Waals surface area contributed by atoms with Crippen LogP contribution in [-0.4, -0.2) is 102 Å². The molecule has 1 aromatic carbocycles. The monoisotopic (exact) mass is 551 g/mol. The normalized spacial score (nSPS) is 16.0. The number of carbonyl (C=O) groups excluding carboxylic acids is 1. The second kappa shape index (κ2) is 13.6. The number of aromatic nitrogens is 4. The van der Waals surface area contributed by atoms with Gasteiger partial charge in [-0.1, -0.05) is 11.8 Å². The van der Waals surface area contributed by atoms with Gasteiger partial charge in [-0.15, -0.1) is 0 Å². The van der Waals surface area contributed by atoms with Crippen LogP contribution in [0.2, 0.25) is 0 Å². The van der Waals surface area contributed by atoms with Crippen molar-refractivity contribution in [2.45, 2.75) is 18.1 Å². The van der Waals surface area contributed by atoms with E-state index >= 15 is 0 Å². The maximum Gasteiger partial charge on any atom is 0.236 e. The van der Waals surface area contributed by atoms with Gasteiger partial charge in [0.1, 0.15) is 11.6 Å². The fourth-order valence-corrected chi connectivity index (χ4v) is 5.13. The Labute approximate surface area is 233 Å². The molecule has 4 heterocycles. The average Bonchev–Trinajstić information content (AvgIpc) is 3.51. The van der Waals surface area contributed by atoms with Crippen molar-refractivity contribution in [3.8, 4) is 0 Å². The molecule has 0 saturated carbocycles. The summed E-state index contributed by atoms with van der Waals surface area (Å²) in [6, 6.07) is 10.4. The molecule has 39 heavy (non-hydrogen) atoms. The lowest BCUT2D eigenvalue weighted by molar-refractivity contribution is -0.130. The second-order valence-corrected chi connectivity index (χ2v) is 10.3. The van der Waals surface area contributed by atoms with Gasteiger partial charge in [0.05, 0.1) is 26.1 Å². The Bertz CT molecular complexity index is 1180. The molecule has 0 spiro atoms. The van der Waals surface area contributed by atoms with Gasteiger partial charge in [-0.2, -0.15) is 0 Å². The minimum atomic E-state index is 0.146. The minimum absolute atomic E-state index is 0.146. The molecular weight excluding hydrogens is 514 g/mol. The number of morpholine rings is 1. The third-order valence-electron chi connectivity index (χ3n) is 6.95. The number of amides is 1. The van der Waals surface area contributed by atoms with E-state index < -0.39 is 0 Å². The van der Waals surface area contributed by atoms with E-state index in [2.05, 4.69) is 54.7 Å². The van der Waals surface area contributed by atoms with Gasteiger partial charge >= 0.3 is 0 Å². The Morgan fingerprint density at radius 2 is 1.82 bits per heavy atom. The van der Waals surface area contributed by atoms with Gasteiger partial charge in [0.2, 0.25) is 5.91 Å². The molecular formula is C27H37N9O2S. The van der Waals surface area contributed by atoms with E-state index in [1.807, 2.05) is 34.3 Å². The summed E-state index contributed by atoms with van der Waals surface area (Å²) in [5.74, 6) is 1.79. The van der Waals surface area contributed by atoms with E-state index in [9.17, 15) is 4.79 Å². The number of rotatable bonds is 11. The molecule has 0 bridgehead atoms. The molecule has 2 aromatic heterocycles. The van der Waals surface area contributed by atoms with Gasteiger partial charge in [0.15, 0.2) is 5.16 Å². The van der Waals surface area contributed by atoms with E-state index in [1.54, 1.807) is 6.20 Å². The highest BCUT2D eigenvalue weighted by Crippen LogP contribution is 2.25. The maximum atomic E-state index is 12.7. The fourth-order valence-electron chi connectivity index (χ4n) is 4.75. The summed E-state index contributed by atoms with van der Waals surface area (Å²) in [5.41, 5.74) is 2.19. The average molecular weight is 552 g/mol. The van der Waals surface area contributed by atoms with Crippen LogP contribution in [0.3, 0.4) is 0 Å². The number of ether oxygens (including phenoxy) is 1. The van der Waals surface area contributed by atoms with Crippen molar-refractivity contribution >= 4 is 40.7 Å². The van der Waals surface area contributed by atoms with Crippen LogP contribution < -0.4 is 20.4 Å². The molecule has 1 amide bonds. The lowest BCUT2D eigenvalue weighted by Crippen LogP contribution is -2.51. The predicted molar refractivity (Wildman–Crippen MR) is 155 cm³/mol. The van der Waals surface area contributed by atoms with Gasteiger partial charge in [0.25, 0.3) is 0 Å². The second-order valence-electron chi connectivity index (χ2n) is 9.57. The van der Waals surface area contributed by atoms with Gasteiger partial charge in [-0.3, -0.25) is 4.79 Å². The quantitative estimate of drug-likeness (QED) is 0.210. The number of imidazole rings is 1. The molecule has 2 fully saturated rings. The number of piperazine rings is 1. The number of nitrogens with zero attached hydrogens (tertiary/aromatic N) is 7. The number of benzene rings is 1. The highest BCUT2D eigenvalue weighted by atomic mass is 32.2. The Kier molecular flexibility index (Phi) is 9.52. The Balaban J connectivity index is 1.11. The summed E-state index contributed by atoms with van der Waals surface area (Å²) in [6.07, 6.45) is 8.49. The van der Waals surface area contributed by atoms with Crippen LogP contribution in [0.4, 0.5) is 23.0 Å². The number of carbonyl (C=O) groups is 1. The number of anilines is 4. The molecule has 2 saturated heterocycles. The number of aryl methyl sites for hydroxylation is 1. The molecule has 2 aliphatic rings. The SMILES string of the molecule is CSc1nc(Nc2ccc(N3CCOCC3)cc2)cc(N2CCN(C(=O)CNCCCn3ccnc3)CC2)n1. The molecule has 2 N–H and O–H groups in total. The molecule has 12 heteroatoms. The first-order valence-electron chi connectivity index (χ1n) is 13.5. The first-order chi connectivity index (χ1) is 19.2. The van der Waals surface area contributed by atoms with Crippen LogP contribution in [0, 0.1) is 0 Å². The molecule has 0 unspecified atom stereocenters. The fraction of sp³-hybridized carbons (Fsp3) is 0.481. The van der Waals surface area contributed by atoms with Crippen molar-refractivity contribution in [1.82, 2.24) is 29.7 Å². The Morgan fingerprint density at radius 3 is 2.54 bits per heavy atom. The van der Waals surface area contributed by atoms with E-state index in [1.165, 1.54) is 17.4 Å². The minimum Gasteiger partial charge on any atom is -0.378 e. The zero-order valence-electron chi connectivity index (χ0n) is 22.5. The van der Waals surface area contributed by atoms with Crippen molar-refractivity contribution in [1.29, 1.82) is 0 Å². The Hall–Kier alpha value is -3.35. The van der Waals surface area contributed by atoms with Gasteiger partial charge in [0, 0.05) is 75.6 Å². The molecule has 208 valence electrons. The van der Waals surface area contributed by atoms with Gasteiger partial charge < -0.3 is 34.6 Å². The number of hydrogen-bond donors (Lipinski definition) is 2. The number of thioether (sulfide) groups is 1. The van der Waals surface area contributed by atoms with Crippen molar-refractivity contribution in [3.63, 3.8) is 0 Å². The van der Waals surface area contributed by atoms with Gasteiger partial charge in [-0.25, -0.2) is 15.0 Å². The zero-order chi connectivity index (χ0) is 26.9. The Morgan fingerprint density at radius 1 is 1.03 bits per heavy atom. The lowest BCUT2D eigenvalue weighted by atomic mass is 10.2. The third-order valence-corrected chi connectivity index (χ3v) is 7.50. The highest BCUT2D eigenvalue weighted by Gasteiger charge is 2.22. The summed E-state index contributed by atoms with van der Waals surface area (Å²) >= 11 is 1.53. The standard InChI is InChI=1S/C27H37N9O2S/c1-39-27-31-24(30-22-3-5-23(6-4-22)34-15-17-38-18-16-34)19-25(32-27)35-11-13-36(14-12-35)26(37)20-28-7-2-9-33-10-8-29-21-33/h3-6,8,10,19,21,28H,2,7,9,11-18,20H2,1H3,(H,30,31,32). The maximum absolute atomic E-state index is 12.7. The molecule has 0 radical (unpaired) electrons. The first kappa shape index (κ1) is 27.2. The summed E-state index contributed by atoms with van der Waals surface area (Å²) in [7, 11) is 0. The zero-order valence-corrected chi connectivity index (χ0v) is 23.3. The van der Waals surface area contributed by atoms with Crippen molar-refractivity contribution in [2.24, 2.45) is 0 Å². The molecule has 0 aliphatic carbocycles. The smallest absolute Gasteiger partial charge is 0.236 e. The summed E-state index contributed by atoms with van der Waals surface area (Å²) < 4.78 is 7.50. The summed E-state index contributed by atoms with van der Waals surface area (Å²) in [4.78, 5) is 32.7. The summed E-state index contributed by atoms with van der Waals surface area (Å²) in [6.45, 7) is 8.29. The first-order valence-corrected chi connectivity index (χ1v) is 14.7. The van der Waals surface area contributed by atoms with Crippen LogP contribution >= 0.6 is 11.8 Å². The highest BCUT2D eigenvalue weighted by molar-refractivity contribution is 7.98. The summed E-state index contributed by atoms with van der Waals surface area (Å²) in [5, 5.41) is 7.44. The van der Waals surface area contributed by atoms with E-state index in [0.717, 1.165) is 81.4 Å². The van der Waals surface area contributed by atoms with Crippen LogP contribution in [0.1, 0.15) is 6.42 Å². The van der Waals surface area contributed by atoms with Crippen molar-refractivity contribution in [2.75, 3.05) is 86.9 Å². The number of nitrogens with one attached hydrogen (secondary N) is 2. The van der Waals surface area contributed by atoms with E-state index in [-0.39, 0.29) is 5.91 Å². The van der Waals surface area contributed by atoms with E-state index in [4.69, 9.17) is 9.72 Å². The third kappa shape index (κ3) is 7.61. The predicted octanol–water partition coefficient (Wildman–Crippen LogP) is 2.30. The molecule has 3 aromatic rings.